The molecule has 2 unspecified atom stereocenters. The lowest BCUT2D eigenvalue weighted by atomic mass is 9.93. The van der Waals surface area contributed by atoms with Crippen molar-refractivity contribution < 1.29 is 4.79 Å². The summed E-state index contributed by atoms with van der Waals surface area (Å²) in [5.74, 6) is 1.21. The van der Waals surface area contributed by atoms with Crippen molar-refractivity contribution in [3.05, 3.63) is 34.9 Å². The minimum Gasteiger partial charge on any atom is -0.342 e. The number of piperidine rings is 1. The molecule has 1 amide bonds. The van der Waals surface area contributed by atoms with Gasteiger partial charge in [-0.15, -0.1) is 0 Å². The van der Waals surface area contributed by atoms with E-state index in [4.69, 9.17) is 11.6 Å². The Labute approximate surface area is 131 Å². The highest BCUT2D eigenvalue weighted by atomic mass is 35.5. The van der Waals surface area contributed by atoms with E-state index in [-0.39, 0.29) is 0 Å². The van der Waals surface area contributed by atoms with Gasteiger partial charge in [0.25, 0.3) is 0 Å². The average molecular weight is 307 g/mol. The van der Waals surface area contributed by atoms with Gasteiger partial charge in [-0.3, -0.25) is 4.79 Å². The molecule has 2 atom stereocenters. The van der Waals surface area contributed by atoms with Crippen LogP contribution in [0.15, 0.2) is 24.3 Å². The summed E-state index contributed by atoms with van der Waals surface area (Å²) in [5, 5.41) is 4.43. The van der Waals surface area contributed by atoms with Gasteiger partial charge in [0.15, 0.2) is 0 Å². The first kappa shape index (κ1) is 14.9. The van der Waals surface area contributed by atoms with E-state index in [1.165, 1.54) is 0 Å². The molecule has 0 aromatic heterocycles. The molecular formula is C17H23ClN2O. The average Bonchev–Trinajstić information content (AvgIpc) is 3.31. The molecular weight excluding hydrogens is 284 g/mol. The number of hydrogen-bond acceptors (Lipinski definition) is 2. The van der Waals surface area contributed by atoms with E-state index < -0.39 is 0 Å². The maximum Gasteiger partial charge on any atom is 0.225 e. The molecule has 1 aromatic carbocycles. The lowest BCUT2D eigenvalue weighted by Crippen LogP contribution is -2.50. The van der Waals surface area contributed by atoms with Gasteiger partial charge in [-0.2, -0.15) is 0 Å². The van der Waals surface area contributed by atoms with E-state index in [0.29, 0.717) is 23.8 Å². The van der Waals surface area contributed by atoms with Gasteiger partial charge < -0.3 is 10.2 Å². The monoisotopic (exact) mass is 306 g/mol. The fourth-order valence-corrected chi connectivity index (χ4v) is 3.32. The largest absolute Gasteiger partial charge is 0.342 e. The topological polar surface area (TPSA) is 32.3 Å². The van der Waals surface area contributed by atoms with Crippen molar-refractivity contribution in [3.63, 3.8) is 0 Å². The van der Waals surface area contributed by atoms with Crippen molar-refractivity contribution in [2.75, 3.05) is 13.1 Å². The van der Waals surface area contributed by atoms with Crippen LogP contribution in [0.5, 0.6) is 0 Å². The summed E-state index contributed by atoms with van der Waals surface area (Å²) < 4.78 is 0. The minimum absolute atomic E-state index is 0.338. The number of nitrogens with zero attached hydrogens (tertiary/aromatic N) is 1. The molecule has 1 heterocycles. The molecule has 0 spiro atoms. The first-order chi connectivity index (χ1) is 10.1. The van der Waals surface area contributed by atoms with Crippen LogP contribution in [0.25, 0.3) is 0 Å². The Kier molecular flexibility index (Phi) is 4.51. The van der Waals surface area contributed by atoms with Crippen LogP contribution in [0.2, 0.25) is 5.02 Å². The Balaban J connectivity index is 1.51. The van der Waals surface area contributed by atoms with Crippen molar-refractivity contribution >= 4 is 17.5 Å². The van der Waals surface area contributed by atoms with Crippen LogP contribution in [0.3, 0.4) is 0 Å². The molecule has 0 radical (unpaired) electrons. The smallest absolute Gasteiger partial charge is 0.225 e. The number of benzene rings is 1. The van der Waals surface area contributed by atoms with Crippen molar-refractivity contribution in [2.45, 2.75) is 38.8 Å². The predicted octanol–water partition coefficient (Wildman–Crippen LogP) is 3.08. The van der Waals surface area contributed by atoms with Crippen LogP contribution in [-0.4, -0.2) is 29.9 Å². The maximum atomic E-state index is 12.1. The third-order valence-corrected chi connectivity index (χ3v) is 5.02. The zero-order chi connectivity index (χ0) is 14.8. The van der Waals surface area contributed by atoms with Crippen molar-refractivity contribution in [2.24, 2.45) is 11.8 Å². The lowest BCUT2D eigenvalue weighted by Gasteiger charge is -2.37. The van der Waals surface area contributed by atoms with Crippen molar-refractivity contribution in [1.82, 2.24) is 10.2 Å². The summed E-state index contributed by atoms with van der Waals surface area (Å²) in [4.78, 5) is 14.2. The molecule has 1 saturated heterocycles. The molecule has 2 aliphatic rings. The second-order valence-electron chi connectivity index (χ2n) is 6.40. The van der Waals surface area contributed by atoms with Crippen LogP contribution in [-0.2, 0) is 11.3 Å². The molecule has 1 aromatic rings. The number of rotatable bonds is 4. The summed E-state index contributed by atoms with van der Waals surface area (Å²) in [6.07, 6.45) is 3.22. The predicted molar refractivity (Wildman–Crippen MR) is 85.2 cm³/mol. The van der Waals surface area contributed by atoms with Gasteiger partial charge in [-0.05, 0) is 36.8 Å². The van der Waals surface area contributed by atoms with Gasteiger partial charge in [-0.25, -0.2) is 0 Å². The minimum atomic E-state index is 0.338. The quantitative estimate of drug-likeness (QED) is 0.927. The number of hydrogen-bond donors (Lipinski definition) is 1. The van der Waals surface area contributed by atoms with Crippen molar-refractivity contribution in [3.8, 4) is 0 Å². The van der Waals surface area contributed by atoms with Crippen LogP contribution in [0.1, 0.15) is 31.7 Å². The molecule has 2 fully saturated rings. The Hall–Kier alpha value is -1.06. The second kappa shape index (κ2) is 6.37. The van der Waals surface area contributed by atoms with Gasteiger partial charge in [0, 0.05) is 36.6 Å². The number of nitrogens with one attached hydrogen (secondary N) is 1. The highest BCUT2D eigenvalue weighted by Gasteiger charge is 2.36. The van der Waals surface area contributed by atoms with Crippen LogP contribution < -0.4 is 5.32 Å². The summed E-state index contributed by atoms with van der Waals surface area (Å²) in [5.41, 5.74) is 1.14. The molecule has 0 bridgehead atoms. The summed E-state index contributed by atoms with van der Waals surface area (Å²) in [6, 6.07) is 8.43. The first-order valence-electron chi connectivity index (χ1n) is 7.90. The highest BCUT2D eigenvalue weighted by molar-refractivity contribution is 6.31. The molecule has 1 saturated carbocycles. The zero-order valence-electron chi connectivity index (χ0n) is 12.5. The molecule has 4 heteroatoms. The molecule has 3 nitrogen and oxygen atoms in total. The molecule has 1 aliphatic carbocycles. The number of halogens is 1. The van der Waals surface area contributed by atoms with E-state index in [0.717, 1.165) is 49.5 Å². The van der Waals surface area contributed by atoms with Gasteiger partial charge in [0.2, 0.25) is 5.91 Å². The first-order valence-corrected chi connectivity index (χ1v) is 8.28. The summed E-state index contributed by atoms with van der Waals surface area (Å²) in [6.45, 7) is 4.80. The Bertz CT molecular complexity index is 515. The SMILES string of the molecule is CC1CN(C(=O)C2CC2)CCC1NCc1ccccc1Cl. The second-order valence-corrected chi connectivity index (χ2v) is 6.81. The molecule has 114 valence electrons. The molecule has 1 aliphatic heterocycles. The standard InChI is InChI=1S/C17H23ClN2O/c1-12-11-20(17(21)13-6-7-13)9-8-16(12)19-10-14-4-2-3-5-15(14)18/h2-5,12-13,16,19H,6-11H2,1H3. The van der Waals surface area contributed by atoms with E-state index in [1.54, 1.807) is 0 Å². The Morgan fingerprint density at radius 1 is 1.33 bits per heavy atom. The van der Waals surface area contributed by atoms with Crippen LogP contribution in [0.4, 0.5) is 0 Å². The van der Waals surface area contributed by atoms with E-state index >= 15 is 0 Å². The normalized spacial score (nSPS) is 25.9. The van der Waals surface area contributed by atoms with E-state index in [9.17, 15) is 4.79 Å². The van der Waals surface area contributed by atoms with Gasteiger partial charge >= 0.3 is 0 Å². The summed E-state index contributed by atoms with van der Waals surface area (Å²) in [7, 11) is 0. The number of likely N-dealkylation sites (tertiary alicyclic amines) is 1. The van der Waals surface area contributed by atoms with E-state index in [2.05, 4.69) is 23.2 Å². The van der Waals surface area contributed by atoms with Crippen LogP contribution in [0, 0.1) is 11.8 Å². The van der Waals surface area contributed by atoms with Gasteiger partial charge in [-0.1, -0.05) is 36.7 Å². The Morgan fingerprint density at radius 3 is 2.76 bits per heavy atom. The zero-order valence-corrected chi connectivity index (χ0v) is 13.3. The lowest BCUT2D eigenvalue weighted by molar-refractivity contribution is -0.134. The maximum absolute atomic E-state index is 12.1. The molecule has 21 heavy (non-hydrogen) atoms. The Morgan fingerprint density at radius 2 is 2.10 bits per heavy atom. The van der Waals surface area contributed by atoms with Gasteiger partial charge in [0.05, 0.1) is 0 Å². The fourth-order valence-electron chi connectivity index (χ4n) is 3.12. The highest BCUT2D eigenvalue weighted by Crippen LogP contribution is 2.32. The van der Waals surface area contributed by atoms with Crippen molar-refractivity contribution in [1.29, 1.82) is 0 Å². The molecule has 1 N–H and O–H groups in total. The van der Waals surface area contributed by atoms with E-state index in [1.807, 2.05) is 18.2 Å². The number of amides is 1. The third kappa shape index (κ3) is 3.58. The fraction of sp³-hybridized carbons (Fsp3) is 0.588. The molecule has 3 rings (SSSR count). The summed E-state index contributed by atoms with van der Waals surface area (Å²) >= 11 is 6.19. The van der Waals surface area contributed by atoms with Crippen LogP contribution >= 0.6 is 11.6 Å². The third-order valence-electron chi connectivity index (χ3n) is 4.66. The number of carbonyl (C=O) groups is 1. The number of carbonyl (C=O) groups excluding carboxylic acids is 1. The van der Waals surface area contributed by atoms with Gasteiger partial charge in [0.1, 0.15) is 0 Å².